The number of unbranched alkanes of at least 4 members (excludes halogenated alkanes) is 2. The number of halogens is 2. The zero-order valence-electron chi connectivity index (χ0n) is 34.5. The number of hydrogen-bond donors (Lipinski definition) is 3. The Hall–Kier alpha value is -5.13. The van der Waals surface area contributed by atoms with E-state index in [0.717, 1.165) is 41.5 Å². The molecule has 1 unspecified atom stereocenters. The number of nitrogens with one attached hydrogen (secondary N) is 2. The molecule has 326 valence electrons. The minimum absolute atomic E-state index is 0.00298. The third-order valence-corrected chi connectivity index (χ3v) is 10.5. The summed E-state index contributed by atoms with van der Waals surface area (Å²) in [4.78, 5) is 68.5. The van der Waals surface area contributed by atoms with E-state index in [1.807, 2.05) is 55.7 Å². The van der Waals surface area contributed by atoms with Crippen LogP contribution in [0.15, 0.2) is 66.9 Å². The van der Waals surface area contributed by atoms with Gasteiger partial charge >= 0.3 is 6.09 Å². The molecule has 2 aromatic carbocycles. The minimum atomic E-state index is -1.16. The summed E-state index contributed by atoms with van der Waals surface area (Å²) < 4.78 is 42.2. The number of benzene rings is 2. The van der Waals surface area contributed by atoms with E-state index in [1.54, 1.807) is 11.1 Å². The van der Waals surface area contributed by atoms with Crippen molar-refractivity contribution in [3.8, 4) is 11.3 Å². The summed E-state index contributed by atoms with van der Waals surface area (Å²) in [5, 5.41) is 14.4. The van der Waals surface area contributed by atoms with Crippen molar-refractivity contribution < 1.29 is 47.3 Å². The monoisotopic (exact) mass is 854 g/mol. The van der Waals surface area contributed by atoms with E-state index in [4.69, 9.17) is 14.5 Å². The molecule has 1 aromatic heterocycles. The second kappa shape index (κ2) is 24.2. The number of thioether (sulfide) groups is 1. The molecular weight excluding hydrogens is 799 g/mol. The highest BCUT2D eigenvalue weighted by Crippen LogP contribution is 2.40. The number of hydrogen-bond acceptors (Lipinski definition) is 9. The highest BCUT2D eigenvalue weighted by atomic mass is 32.2. The van der Waals surface area contributed by atoms with Crippen molar-refractivity contribution in [3.05, 3.63) is 89.9 Å². The van der Waals surface area contributed by atoms with Crippen LogP contribution in [0.2, 0.25) is 0 Å². The van der Waals surface area contributed by atoms with E-state index >= 15 is 4.39 Å². The summed E-state index contributed by atoms with van der Waals surface area (Å²) in [6, 6.07) is 12.2. The third-order valence-electron chi connectivity index (χ3n) is 9.47. The van der Waals surface area contributed by atoms with Crippen LogP contribution in [0.1, 0.15) is 70.3 Å². The fraction of sp³-hybridized carbons (Fsp3) is 0.488. The zero-order valence-corrected chi connectivity index (χ0v) is 35.3. The van der Waals surface area contributed by atoms with Gasteiger partial charge in [0.15, 0.2) is 0 Å². The Morgan fingerprint density at radius 2 is 1.62 bits per heavy atom. The quantitative estimate of drug-likeness (QED) is 0.0661. The first kappa shape index (κ1) is 47.5. The number of nitrogens with zero attached hydrogens (tertiary/aromatic N) is 4. The molecule has 60 heavy (non-hydrogen) atoms. The Kier molecular flexibility index (Phi) is 19.2. The molecule has 4 rings (SSSR count). The second-order valence-electron chi connectivity index (χ2n) is 15.3. The maximum absolute atomic E-state index is 15.1. The number of carboxylic acid groups (broad SMARTS) is 1. The predicted octanol–water partition coefficient (Wildman–Crippen LogP) is 5.82. The van der Waals surface area contributed by atoms with E-state index in [2.05, 4.69) is 10.6 Å². The van der Waals surface area contributed by atoms with Gasteiger partial charge in [0.2, 0.25) is 11.8 Å². The van der Waals surface area contributed by atoms with Crippen LogP contribution in [-0.4, -0.2) is 118 Å². The normalized spacial score (nSPS) is 13.2. The van der Waals surface area contributed by atoms with Crippen LogP contribution in [0, 0.1) is 17.0 Å². The number of imidazole rings is 1. The van der Waals surface area contributed by atoms with Crippen molar-refractivity contribution in [1.82, 2.24) is 30.0 Å². The number of amides is 5. The molecule has 0 fully saturated rings. The molecule has 0 saturated carbocycles. The molecule has 0 radical (unpaired) electrons. The molecule has 0 aliphatic carbocycles. The third kappa shape index (κ3) is 15.5. The van der Waals surface area contributed by atoms with Crippen LogP contribution in [0.4, 0.5) is 13.6 Å². The van der Waals surface area contributed by atoms with Gasteiger partial charge in [0, 0.05) is 56.5 Å². The number of rotatable bonds is 26. The molecule has 3 aromatic rings. The highest BCUT2D eigenvalue weighted by molar-refractivity contribution is 7.99. The van der Waals surface area contributed by atoms with Gasteiger partial charge in [-0.2, -0.15) is 11.8 Å². The maximum atomic E-state index is 15.1. The smallest absolute Gasteiger partial charge is 0.404 e. The van der Waals surface area contributed by atoms with Crippen molar-refractivity contribution >= 4 is 41.5 Å². The van der Waals surface area contributed by atoms with Gasteiger partial charge in [-0.3, -0.25) is 24.1 Å². The van der Waals surface area contributed by atoms with E-state index in [0.29, 0.717) is 63.7 Å². The lowest BCUT2D eigenvalue weighted by Gasteiger charge is -2.40. The first-order valence-corrected chi connectivity index (χ1v) is 21.3. The Labute approximate surface area is 354 Å². The van der Waals surface area contributed by atoms with Gasteiger partial charge in [0.25, 0.3) is 11.8 Å². The van der Waals surface area contributed by atoms with Gasteiger partial charge in [-0.25, -0.2) is 18.6 Å². The van der Waals surface area contributed by atoms with Crippen molar-refractivity contribution in [2.24, 2.45) is 5.41 Å². The molecule has 0 bridgehead atoms. The number of ether oxygens (including phenoxy) is 2. The Morgan fingerprint density at radius 3 is 2.32 bits per heavy atom. The standard InChI is InChI=1S/C43H56F2N6O8S/c1-43(2,3)40(41-48-35(33-27-32(44)14-15-34(33)45)29-49(41)28-31-11-6-4-7-12-31)51(20-10-18-47-42(56)57)39(55)30-60-26-9-5-8-13-36(52)46-19-22-58-24-25-59-23-21-50-37(53)16-17-38(50)54/h4,6-7,11-12,14-17,27,29,40,47H,5,8-10,13,18-26,28,30H2,1-3H3,(H,46,52)(H,56,57). The minimum Gasteiger partial charge on any atom is -0.465 e. The lowest BCUT2D eigenvalue weighted by molar-refractivity contribution is -0.138. The van der Waals surface area contributed by atoms with Gasteiger partial charge in [-0.15, -0.1) is 0 Å². The van der Waals surface area contributed by atoms with Crippen LogP contribution in [0.3, 0.4) is 0 Å². The molecule has 2 heterocycles. The van der Waals surface area contributed by atoms with Crippen molar-refractivity contribution in [3.63, 3.8) is 0 Å². The summed E-state index contributed by atoms with van der Waals surface area (Å²) in [5.74, 6) is -0.837. The maximum Gasteiger partial charge on any atom is 0.404 e. The van der Waals surface area contributed by atoms with Crippen molar-refractivity contribution in [2.45, 2.75) is 65.5 Å². The first-order valence-electron chi connectivity index (χ1n) is 20.1. The molecule has 0 saturated heterocycles. The second-order valence-corrected chi connectivity index (χ2v) is 16.4. The fourth-order valence-electron chi connectivity index (χ4n) is 6.60. The van der Waals surface area contributed by atoms with Gasteiger partial charge in [0.05, 0.1) is 50.5 Å². The Balaban J connectivity index is 1.28. The molecule has 0 spiro atoms. The number of imide groups is 1. The van der Waals surface area contributed by atoms with Crippen LogP contribution in [0.5, 0.6) is 0 Å². The summed E-state index contributed by atoms with van der Waals surface area (Å²) in [6.07, 6.45) is 5.94. The number of carbonyl (C=O) groups excluding carboxylic acids is 4. The van der Waals surface area contributed by atoms with E-state index in [-0.39, 0.29) is 66.9 Å². The zero-order chi connectivity index (χ0) is 43.5. The lowest BCUT2D eigenvalue weighted by atomic mass is 9.84. The van der Waals surface area contributed by atoms with Gasteiger partial charge in [0.1, 0.15) is 17.5 Å². The summed E-state index contributed by atoms with van der Waals surface area (Å²) in [5.41, 5.74) is 0.594. The van der Waals surface area contributed by atoms with E-state index in [9.17, 15) is 33.5 Å². The van der Waals surface area contributed by atoms with Crippen LogP contribution in [-0.2, 0) is 35.2 Å². The van der Waals surface area contributed by atoms with Crippen LogP contribution < -0.4 is 10.6 Å². The highest BCUT2D eigenvalue weighted by Gasteiger charge is 2.38. The average molecular weight is 855 g/mol. The SMILES string of the molecule is CC(C)(C)C(c1nc(-c2cc(F)ccc2F)cn1Cc1ccccc1)N(CCCNC(=O)O)C(=O)CSCCCCCC(=O)NCCOCCOCCN1C(=O)C=CC1=O. The molecule has 3 N–H and O–H groups in total. The average Bonchev–Trinajstić information content (AvgIpc) is 3.75. The largest absolute Gasteiger partial charge is 0.465 e. The van der Waals surface area contributed by atoms with Gasteiger partial charge in [-0.1, -0.05) is 57.5 Å². The van der Waals surface area contributed by atoms with E-state index in [1.165, 1.54) is 23.9 Å². The fourth-order valence-corrected chi connectivity index (χ4v) is 7.50. The molecular formula is C43H56F2N6O8S. The van der Waals surface area contributed by atoms with Gasteiger partial charge in [-0.05, 0) is 54.2 Å². The predicted molar refractivity (Wildman–Crippen MR) is 224 cm³/mol. The lowest BCUT2D eigenvalue weighted by Crippen LogP contribution is -2.44. The first-order chi connectivity index (χ1) is 28.7. The Morgan fingerprint density at radius 1 is 0.900 bits per heavy atom. The summed E-state index contributed by atoms with van der Waals surface area (Å²) >= 11 is 1.48. The van der Waals surface area contributed by atoms with Crippen molar-refractivity contribution in [1.29, 1.82) is 0 Å². The molecule has 1 aliphatic rings. The number of aromatic nitrogens is 2. The Bertz CT molecular complexity index is 1900. The molecule has 5 amide bonds. The molecule has 1 atom stereocenters. The van der Waals surface area contributed by atoms with Crippen LogP contribution >= 0.6 is 11.8 Å². The summed E-state index contributed by atoms with van der Waals surface area (Å²) in [6.45, 7) is 8.33. The molecule has 17 heteroatoms. The molecule has 14 nitrogen and oxygen atoms in total. The topological polar surface area (TPSA) is 172 Å². The molecule has 1 aliphatic heterocycles. The summed E-state index contributed by atoms with van der Waals surface area (Å²) in [7, 11) is 0. The number of carbonyl (C=O) groups is 5. The van der Waals surface area contributed by atoms with E-state index < -0.39 is 29.2 Å². The van der Waals surface area contributed by atoms with Crippen molar-refractivity contribution in [2.75, 3.05) is 64.1 Å². The van der Waals surface area contributed by atoms with Crippen LogP contribution in [0.25, 0.3) is 11.3 Å². The van der Waals surface area contributed by atoms with Gasteiger partial charge < -0.3 is 34.7 Å².